The number of ether oxygens (including phenoxy) is 1. The maximum Gasteiger partial charge on any atom is 0.251 e. The molecule has 3 nitrogen and oxygen atoms in total. The lowest BCUT2D eigenvalue weighted by Crippen LogP contribution is -2.26. The highest BCUT2D eigenvalue weighted by atomic mass is 79.9. The summed E-state index contributed by atoms with van der Waals surface area (Å²) in [5.41, 5.74) is 0.705. The van der Waals surface area contributed by atoms with E-state index in [1.807, 2.05) is 24.3 Å². The van der Waals surface area contributed by atoms with E-state index in [9.17, 15) is 4.79 Å². The van der Waals surface area contributed by atoms with Crippen LogP contribution < -0.4 is 5.32 Å². The van der Waals surface area contributed by atoms with Gasteiger partial charge in [0.25, 0.3) is 5.91 Å². The molecule has 1 saturated heterocycles. The second-order valence-corrected chi connectivity index (χ2v) is 5.20. The number of halogens is 1. The van der Waals surface area contributed by atoms with Crippen molar-refractivity contribution in [1.82, 2.24) is 5.32 Å². The number of carbonyl (C=O) groups excluding carboxylic acids is 1. The van der Waals surface area contributed by atoms with Crippen molar-refractivity contribution < 1.29 is 9.53 Å². The second-order valence-electron chi connectivity index (χ2n) is 4.28. The van der Waals surface area contributed by atoms with Gasteiger partial charge in [0, 0.05) is 29.8 Å². The minimum Gasteiger partial charge on any atom is -0.381 e. The van der Waals surface area contributed by atoms with Crippen LogP contribution in [0.2, 0.25) is 0 Å². The van der Waals surface area contributed by atoms with Crippen LogP contribution in [0.1, 0.15) is 23.2 Å². The third-order valence-corrected chi connectivity index (χ3v) is 3.50. The van der Waals surface area contributed by atoms with Crippen molar-refractivity contribution in [2.24, 2.45) is 5.92 Å². The molecule has 0 aromatic heterocycles. The summed E-state index contributed by atoms with van der Waals surface area (Å²) in [6, 6.07) is 7.38. The number of hydrogen-bond acceptors (Lipinski definition) is 2. The van der Waals surface area contributed by atoms with E-state index in [1.165, 1.54) is 0 Å². The predicted molar refractivity (Wildman–Crippen MR) is 70.0 cm³/mol. The Morgan fingerprint density at radius 2 is 2.18 bits per heavy atom. The van der Waals surface area contributed by atoms with E-state index in [0.29, 0.717) is 11.5 Å². The zero-order chi connectivity index (χ0) is 12.1. The van der Waals surface area contributed by atoms with Gasteiger partial charge in [-0.1, -0.05) is 15.9 Å². The van der Waals surface area contributed by atoms with Crippen LogP contribution in [0.4, 0.5) is 0 Å². The van der Waals surface area contributed by atoms with E-state index >= 15 is 0 Å². The largest absolute Gasteiger partial charge is 0.381 e. The molecule has 1 heterocycles. The number of carbonyl (C=O) groups is 1. The van der Waals surface area contributed by atoms with Gasteiger partial charge in [0.15, 0.2) is 0 Å². The molecule has 0 saturated carbocycles. The molecule has 1 amide bonds. The van der Waals surface area contributed by atoms with Crippen molar-refractivity contribution >= 4 is 21.8 Å². The maximum atomic E-state index is 11.8. The summed E-state index contributed by atoms with van der Waals surface area (Å²) < 4.78 is 6.28. The highest BCUT2D eigenvalue weighted by Gasteiger charge is 2.15. The first-order chi connectivity index (χ1) is 8.25. The van der Waals surface area contributed by atoms with E-state index in [1.54, 1.807) is 0 Å². The van der Waals surface area contributed by atoms with Gasteiger partial charge in [0.1, 0.15) is 0 Å². The first kappa shape index (κ1) is 12.6. The van der Waals surface area contributed by atoms with Crippen LogP contribution in [0.3, 0.4) is 0 Å². The topological polar surface area (TPSA) is 38.3 Å². The van der Waals surface area contributed by atoms with Crippen molar-refractivity contribution in [3.05, 3.63) is 34.3 Å². The van der Waals surface area contributed by atoms with Gasteiger partial charge in [-0.05, 0) is 43.0 Å². The maximum absolute atomic E-state index is 11.8. The Kier molecular flexibility index (Phi) is 4.57. The Morgan fingerprint density at radius 1 is 1.41 bits per heavy atom. The lowest BCUT2D eigenvalue weighted by atomic mass is 10.1. The molecule has 0 radical (unpaired) electrons. The summed E-state index contributed by atoms with van der Waals surface area (Å²) >= 11 is 3.35. The van der Waals surface area contributed by atoms with Gasteiger partial charge in [0.05, 0.1) is 0 Å². The molecule has 1 N–H and O–H groups in total. The molecule has 92 valence electrons. The fourth-order valence-corrected chi connectivity index (χ4v) is 2.17. The molecule has 4 heteroatoms. The Bertz CT molecular complexity index is 372. The van der Waals surface area contributed by atoms with Crippen molar-refractivity contribution in [2.45, 2.75) is 12.8 Å². The van der Waals surface area contributed by atoms with Gasteiger partial charge in [0.2, 0.25) is 0 Å². The minimum atomic E-state index is -0.00332. The monoisotopic (exact) mass is 297 g/mol. The van der Waals surface area contributed by atoms with Gasteiger partial charge in [-0.2, -0.15) is 0 Å². The van der Waals surface area contributed by atoms with Gasteiger partial charge in [-0.25, -0.2) is 0 Å². The smallest absolute Gasteiger partial charge is 0.251 e. The highest BCUT2D eigenvalue weighted by molar-refractivity contribution is 9.10. The molecule has 1 fully saturated rings. The molecule has 0 aliphatic carbocycles. The fraction of sp³-hybridized carbons (Fsp3) is 0.462. The van der Waals surface area contributed by atoms with E-state index in [-0.39, 0.29) is 5.91 Å². The zero-order valence-corrected chi connectivity index (χ0v) is 11.2. The molecular formula is C13H16BrNO2. The first-order valence-corrected chi connectivity index (χ1v) is 6.66. The molecule has 1 aliphatic heterocycles. The Balaban J connectivity index is 1.75. The molecule has 1 aromatic carbocycles. The molecule has 0 bridgehead atoms. The zero-order valence-electron chi connectivity index (χ0n) is 9.62. The molecular weight excluding hydrogens is 282 g/mol. The third kappa shape index (κ3) is 3.82. The van der Waals surface area contributed by atoms with Crippen LogP contribution in [-0.2, 0) is 4.74 Å². The lowest BCUT2D eigenvalue weighted by Gasteiger charge is -2.08. The number of benzene rings is 1. The van der Waals surface area contributed by atoms with Crippen molar-refractivity contribution in [3.8, 4) is 0 Å². The molecule has 2 rings (SSSR count). The van der Waals surface area contributed by atoms with Crippen LogP contribution in [0.25, 0.3) is 0 Å². The summed E-state index contributed by atoms with van der Waals surface area (Å²) in [5, 5.41) is 2.94. The predicted octanol–water partition coefficient (Wildman–Crippen LogP) is 2.61. The van der Waals surface area contributed by atoms with E-state index < -0.39 is 0 Å². The minimum absolute atomic E-state index is 0.00332. The summed E-state index contributed by atoms with van der Waals surface area (Å²) in [5.74, 6) is 0.608. The number of amides is 1. The van der Waals surface area contributed by atoms with Crippen LogP contribution in [-0.4, -0.2) is 25.7 Å². The Labute approximate surface area is 110 Å². The van der Waals surface area contributed by atoms with Gasteiger partial charge in [-0.15, -0.1) is 0 Å². The molecule has 1 aromatic rings. The van der Waals surface area contributed by atoms with Gasteiger partial charge < -0.3 is 10.1 Å². The van der Waals surface area contributed by atoms with Crippen molar-refractivity contribution in [2.75, 3.05) is 19.8 Å². The van der Waals surface area contributed by atoms with Crippen LogP contribution >= 0.6 is 15.9 Å². The van der Waals surface area contributed by atoms with Crippen molar-refractivity contribution in [1.29, 1.82) is 0 Å². The number of nitrogens with one attached hydrogen (secondary N) is 1. The highest BCUT2D eigenvalue weighted by Crippen LogP contribution is 2.15. The summed E-state index contributed by atoms with van der Waals surface area (Å²) in [6.45, 7) is 2.43. The Hall–Kier alpha value is -0.870. The number of hydrogen-bond donors (Lipinski definition) is 1. The Morgan fingerprint density at radius 3 is 2.82 bits per heavy atom. The van der Waals surface area contributed by atoms with Crippen molar-refractivity contribution in [3.63, 3.8) is 0 Å². The standard InChI is InChI=1S/C13H16BrNO2/c14-12-3-1-11(2-4-12)13(16)15-7-5-10-6-8-17-9-10/h1-4,10H,5-9H2,(H,15,16). The SMILES string of the molecule is O=C(NCCC1CCOC1)c1ccc(Br)cc1. The van der Waals surface area contributed by atoms with E-state index in [2.05, 4.69) is 21.2 Å². The number of rotatable bonds is 4. The van der Waals surface area contributed by atoms with Crippen LogP contribution in [0.5, 0.6) is 0 Å². The van der Waals surface area contributed by atoms with E-state index in [0.717, 1.165) is 37.1 Å². The average Bonchev–Trinajstić information content (AvgIpc) is 2.83. The van der Waals surface area contributed by atoms with Crippen LogP contribution in [0.15, 0.2) is 28.7 Å². The molecule has 1 unspecified atom stereocenters. The quantitative estimate of drug-likeness (QED) is 0.928. The summed E-state index contributed by atoms with van der Waals surface area (Å²) in [4.78, 5) is 11.8. The second kappa shape index (κ2) is 6.17. The molecule has 1 atom stereocenters. The normalized spacial score (nSPS) is 19.2. The molecule has 0 spiro atoms. The first-order valence-electron chi connectivity index (χ1n) is 5.87. The fourth-order valence-electron chi connectivity index (χ4n) is 1.90. The van der Waals surface area contributed by atoms with Gasteiger partial charge >= 0.3 is 0 Å². The third-order valence-electron chi connectivity index (χ3n) is 2.97. The van der Waals surface area contributed by atoms with Gasteiger partial charge in [-0.3, -0.25) is 4.79 Å². The lowest BCUT2D eigenvalue weighted by molar-refractivity contribution is 0.0950. The molecule has 17 heavy (non-hydrogen) atoms. The summed E-state index contributed by atoms with van der Waals surface area (Å²) in [6.07, 6.45) is 2.12. The average molecular weight is 298 g/mol. The van der Waals surface area contributed by atoms with Crippen LogP contribution in [0, 0.1) is 5.92 Å². The van der Waals surface area contributed by atoms with E-state index in [4.69, 9.17) is 4.74 Å². The molecule has 1 aliphatic rings. The summed E-state index contributed by atoms with van der Waals surface area (Å²) in [7, 11) is 0.